The number of hydrogen-bond donors (Lipinski definition) is 2. The number of carbonyl (C=O) groups is 1. The fourth-order valence-electron chi connectivity index (χ4n) is 3.22. The summed E-state index contributed by atoms with van der Waals surface area (Å²) in [6, 6.07) is 8.34. The lowest BCUT2D eigenvalue weighted by molar-refractivity contribution is -0.122. The van der Waals surface area contributed by atoms with Gasteiger partial charge in [-0.2, -0.15) is 0 Å². The normalized spacial score (nSPS) is 19.2. The van der Waals surface area contributed by atoms with Gasteiger partial charge in [0.05, 0.1) is 0 Å². The molecule has 1 amide bonds. The first-order valence-electron chi connectivity index (χ1n) is 8.62. The van der Waals surface area contributed by atoms with Crippen molar-refractivity contribution in [3.8, 4) is 0 Å². The Morgan fingerprint density at radius 3 is 2.62 bits per heavy atom. The third-order valence-corrected chi connectivity index (χ3v) is 5.53. The third kappa shape index (κ3) is 6.38. The first-order chi connectivity index (χ1) is 10.9. The van der Waals surface area contributed by atoms with Crippen molar-refractivity contribution < 1.29 is 4.79 Å². The molecular weight excluding hydrogens is 388 g/mol. The van der Waals surface area contributed by atoms with E-state index in [0.29, 0.717) is 24.8 Å². The number of nitrogens with one attached hydrogen (secondary N) is 2. The van der Waals surface area contributed by atoms with Crippen molar-refractivity contribution in [2.24, 2.45) is 11.8 Å². The first-order valence-corrected chi connectivity index (χ1v) is 9.41. The topological polar surface area (TPSA) is 41.1 Å². The van der Waals surface area contributed by atoms with Crippen LogP contribution in [-0.2, 0) is 10.2 Å². The molecule has 2 rings (SSSR count). The van der Waals surface area contributed by atoms with Crippen molar-refractivity contribution in [1.29, 1.82) is 0 Å². The molecule has 0 radical (unpaired) electrons. The number of piperidine rings is 1. The van der Waals surface area contributed by atoms with Crippen molar-refractivity contribution in [1.82, 2.24) is 10.6 Å². The van der Waals surface area contributed by atoms with Crippen LogP contribution in [0.1, 0.15) is 45.6 Å². The molecule has 0 saturated carbocycles. The van der Waals surface area contributed by atoms with Gasteiger partial charge in [-0.15, -0.1) is 12.4 Å². The summed E-state index contributed by atoms with van der Waals surface area (Å²) in [6.45, 7) is 9.39. The van der Waals surface area contributed by atoms with Crippen molar-refractivity contribution in [3.05, 3.63) is 34.3 Å². The van der Waals surface area contributed by atoms with E-state index in [9.17, 15) is 4.79 Å². The van der Waals surface area contributed by atoms with E-state index in [0.717, 1.165) is 17.6 Å². The molecule has 5 heteroatoms. The predicted molar refractivity (Wildman–Crippen MR) is 107 cm³/mol. The predicted octanol–water partition coefficient (Wildman–Crippen LogP) is 4.29. The van der Waals surface area contributed by atoms with Gasteiger partial charge in [0.15, 0.2) is 0 Å². The van der Waals surface area contributed by atoms with Crippen LogP contribution in [0.15, 0.2) is 28.7 Å². The summed E-state index contributed by atoms with van der Waals surface area (Å²) in [5.74, 6) is 1.25. The zero-order chi connectivity index (χ0) is 16.9. The zero-order valence-electron chi connectivity index (χ0n) is 14.9. The molecule has 1 aromatic carbocycles. The van der Waals surface area contributed by atoms with Crippen LogP contribution < -0.4 is 10.6 Å². The van der Waals surface area contributed by atoms with Gasteiger partial charge < -0.3 is 10.6 Å². The molecule has 0 aromatic heterocycles. The summed E-state index contributed by atoms with van der Waals surface area (Å²) in [5, 5.41) is 6.57. The molecular formula is C19H30BrClN2O. The molecule has 24 heavy (non-hydrogen) atoms. The van der Waals surface area contributed by atoms with Gasteiger partial charge in [-0.05, 0) is 55.5 Å². The Balaban J connectivity index is 0.00000288. The zero-order valence-corrected chi connectivity index (χ0v) is 17.3. The Kier molecular flexibility index (Phi) is 8.75. The maximum absolute atomic E-state index is 12.3. The minimum absolute atomic E-state index is 0. The van der Waals surface area contributed by atoms with Crippen LogP contribution in [0.25, 0.3) is 0 Å². The summed E-state index contributed by atoms with van der Waals surface area (Å²) in [6.07, 6.45) is 3.10. The molecule has 2 N–H and O–H groups in total. The van der Waals surface area contributed by atoms with Gasteiger partial charge in [-0.3, -0.25) is 4.79 Å². The third-order valence-electron chi connectivity index (χ3n) is 5.00. The second-order valence-electron chi connectivity index (χ2n) is 7.46. The van der Waals surface area contributed by atoms with Crippen LogP contribution in [0.5, 0.6) is 0 Å². The highest BCUT2D eigenvalue weighted by molar-refractivity contribution is 9.10. The molecule has 2 unspecified atom stereocenters. The van der Waals surface area contributed by atoms with Crippen LogP contribution in [0.3, 0.4) is 0 Å². The number of halogens is 2. The molecule has 1 aliphatic rings. The number of benzene rings is 1. The largest absolute Gasteiger partial charge is 0.355 e. The van der Waals surface area contributed by atoms with E-state index in [2.05, 4.69) is 71.6 Å². The Hall–Kier alpha value is -0.580. The van der Waals surface area contributed by atoms with E-state index in [1.54, 1.807) is 0 Å². The SMILES string of the molecule is CC(CC(=O)NCC(C)(C)c1ccc(Br)cc1)C1CCCNC1.Cl. The van der Waals surface area contributed by atoms with E-state index >= 15 is 0 Å². The Labute approximate surface area is 160 Å². The molecule has 1 saturated heterocycles. The number of amides is 1. The monoisotopic (exact) mass is 416 g/mol. The molecule has 136 valence electrons. The van der Waals surface area contributed by atoms with Crippen LogP contribution in [0.4, 0.5) is 0 Å². The van der Waals surface area contributed by atoms with E-state index < -0.39 is 0 Å². The van der Waals surface area contributed by atoms with Crippen molar-refractivity contribution in [3.63, 3.8) is 0 Å². The van der Waals surface area contributed by atoms with Gasteiger partial charge in [0, 0.05) is 22.9 Å². The molecule has 2 atom stereocenters. The second-order valence-corrected chi connectivity index (χ2v) is 8.37. The molecule has 1 aromatic rings. The minimum Gasteiger partial charge on any atom is -0.355 e. The molecule has 3 nitrogen and oxygen atoms in total. The summed E-state index contributed by atoms with van der Waals surface area (Å²) in [4.78, 5) is 12.3. The summed E-state index contributed by atoms with van der Waals surface area (Å²) in [7, 11) is 0. The second kappa shape index (κ2) is 9.79. The minimum atomic E-state index is -0.0635. The standard InChI is InChI=1S/C19H29BrN2O.ClH/c1-14(15-5-4-10-21-12-15)11-18(23)22-13-19(2,3)16-6-8-17(20)9-7-16;/h6-9,14-15,21H,4-5,10-13H2,1-3H3,(H,22,23);1H. The van der Waals surface area contributed by atoms with Gasteiger partial charge in [0.2, 0.25) is 5.91 Å². The average molecular weight is 418 g/mol. The van der Waals surface area contributed by atoms with E-state index in [1.807, 2.05) is 0 Å². The molecule has 1 aliphatic heterocycles. The van der Waals surface area contributed by atoms with Crippen LogP contribution >= 0.6 is 28.3 Å². The first kappa shape index (κ1) is 21.5. The lowest BCUT2D eigenvalue weighted by Crippen LogP contribution is -2.39. The highest BCUT2D eigenvalue weighted by Gasteiger charge is 2.24. The van der Waals surface area contributed by atoms with Crippen molar-refractivity contribution in [2.45, 2.75) is 45.4 Å². The number of carbonyl (C=O) groups excluding carboxylic acids is 1. The smallest absolute Gasteiger partial charge is 0.220 e. The highest BCUT2D eigenvalue weighted by Crippen LogP contribution is 2.25. The van der Waals surface area contributed by atoms with Crippen LogP contribution in [-0.4, -0.2) is 25.5 Å². The lowest BCUT2D eigenvalue weighted by Gasteiger charge is -2.29. The summed E-state index contributed by atoms with van der Waals surface area (Å²) >= 11 is 3.46. The van der Waals surface area contributed by atoms with Crippen molar-refractivity contribution >= 4 is 34.2 Å². The summed E-state index contributed by atoms with van der Waals surface area (Å²) in [5.41, 5.74) is 1.18. The molecule has 0 aliphatic carbocycles. The van der Waals surface area contributed by atoms with Crippen molar-refractivity contribution in [2.75, 3.05) is 19.6 Å². The average Bonchev–Trinajstić information content (AvgIpc) is 2.54. The van der Waals surface area contributed by atoms with Gasteiger partial charge in [-0.1, -0.05) is 48.8 Å². The van der Waals surface area contributed by atoms with E-state index in [4.69, 9.17) is 0 Å². The van der Waals surface area contributed by atoms with E-state index in [1.165, 1.54) is 18.4 Å². The Bertz CT molecular complexity index is 513. The number of rotatable bonds is 6. The van der Waals surface area contributed by atoms with Gasteiger partial charge in [0.25, 0.3) is 0 Å². The quantitative estimate of drug-likeness (QED) is 0.725. The van der Waals surface area contributed by atoms with Crippen LogP contribution in [0, 0.1) is 11.8 Å². The maximum Gasteiger partial charge on any atom is 0.220 e. The molecule has 0 spiro atoms. The fourth-order valence-corrected chi connectivity index (χ4v) is 3.48. The Morgan fingerprint density at radius 1 is 1.38 bits per heavy atom. The van der Waals surface area contributed by atoms with Gasteiger partial charge in [0.1, 0.15) is 0 Å². The number of hydrogen-bond acceptors (Lipinski definition) is 2. The molecule has 1 fully saturated rings. The van der Waals surface area contributed by atoms with E-state index in [-0.39, 0.29) is 23.7 Å². The summed E-state index contributed by atoms with van der Waals surface area (Å²) < 4.78 is 1.08. The van der Waals surface area contributed by atoms with Gasteiger partial charge in [-0.25, -0.2) is 0 Å². The Morgan fingerprint density at radius 2 is 2.04 bits per heavy atom. The van der Waals surface area contributed by atoms with Gasteiger partial charge >= 0.3 is 0 Å². The highest BCUT2D eigenvalue weighted by atomic mass is 79.9. The fraction of sp³-hybridized carbons (Fsp3) is 0.632. The molecule has 0 bridgehead atoms. The molecule has 1 heterocycles. The van der Waals surface area contributed by atoms with Crippen LogP contribution in [0.2, 0.25) is 0 Å². The maximum atomic E-state index is 12.3. The lowest BCUT2D eigenvalue weighted by atomic mass is 9.83.